The predicted molar refractivity (Wildman–Crippen MR) is 344 cm³/mol. The molecule has 0 aromatic carbocycles. The average Bonchev–Trinajstić information content (AvgIpc) is 3.45. The zero-order chi connectivity index (χ0) is 57.1. The Hall–Kier alpha value is -2.89. The standard InChI is InChI=1S/C73H132O6/c1-4-7-10-13-16-19-22-25-27-28-29-30-31-32-33-34-35-36-37-38-39-40-41-42-43-44-46-48-51-54-57-60-63-66-72(75)78-69-70(68-77-71(74)65-62-59-56-53-50-47-24-21-18-15-12-9-6-3)79-73(76)67-64-61-58-55-52-49-45-26-23-20-17-14-11-8-5-2/h7,10,16,19,25-27,29-30,45,70H,4-6,8-9,11-15,17-18,20-24,28,31-44,46-69H2,1-3H3/b10-7-,19-16-,27-25-,30-29-,45-26-. The molecule has 0 heterocycles. The van der Waals surface area contributed by atoms with Gasteiger partial charge in [0.1, 0.15) is 13.2 Å². The molecular weight excluding hydrogens is 973 g/mol. The summed E-state index contributed by atoms with van der Waals surface area (Å²) in [6, 6.07) is 0. The quantitative estimate of drug-likeness (QED) is 0.0261. The summed E-state index contributed by atoms with van der Waals surface area (Å²) in [5.41, 5.74) is 0. The van der Waals surface area contributed by atoms with Crippen LogP contribution in [-0.4, -0.2) is 37.2 Å². The van der Waals surface area contributed by atoms with Crippen molar-refractivity contribution in [3.8, 4) is 0 Å². The van der Waals surface area contributed by atoms with Crippen LogP contribution in [-0.2, 0) is 28.6 Å². The van der Waals surface area contributed by atoms with Crippen molar-refractivity contribution in [1.29, 1.82) is 0 Å². The van der Waals surface area contributed by atoms with Gasteiger partial charge in [0.25, 0.3) is 0 Å². The fourth-order valence-electron chi connectivity index (χ4n) is 10.3. The van der Waals surface area contributed by atoms with Crippen LogP contribution in [0.2, 0.25) is 0 Å². The molecule has 0 N–H and O–H groups in total. The number of hydrogen-bond donors (Lipinski definition) is 0. The van der Waals surface area contributed by atoms with Crippen molar-refractivity contribution in [1.82, 2.24) is 0 Å². The van der Waals surface area contributed by atoms with Crippen molar-refractivity contribution in [2.75, 3.05) is 13.2 Å². The van der Waals surface area contributed by atoms with Crippen LogP contribution in [0.25, 0.3) is 0 Å². The van der Waals surface area contributed by atoms with Crippen LogP contribution in [0.15, 0.2) is 60.8 Å². The number of carbonyl (C=O) groups is 3. The molecule has 0 radical (unpaired) electrons. The van der Waals surface area contributed by atoms with Crippen LogP contribution >= 0.6 is 0 Å². The Balaban J connectivity index is 4.11. The summed E-state index contributed by atoms with van der Waals surface area (Å²) in [7, 11) is 0. The largest absolute Gasteiger partial charge is 0.462 e. The lowest BCUT2D eigenvalue weighted by Crippen LogP contribution is -2.30. The number of esters is 3. The van der Waals surface area contributed by atoms with E-state index >= 15 is 0 Å². The molecule has 0 aliphatic carbocycles. The molecule has 1 unspecified atom stereocenters. The lowest BCUT2D eigenvalue weighted by Gasteiger charge is -2.18. The van der Waals surface area contributed by atoms with Crippen molar-refractivity contribution < 1.29 is 28.6 Å². The third-order valence-corrected chi connectivity index (χ3v) is 15.5. The second kappa shape index (κ2) is 67.6. The summed E-state index contributed by atoms with van der Waals surface area (Å²) >= 11 is 0. The summed E-state index contributed by atoms with van der Waals surface area (Å²) in [6.07, 6.45) is 86.9. The Bertz CT molecular complexity index is 1410. The Morgan fingerprint density at radius 2 is 0.494 bits per heavy atom. The Morgan fingerprint density at radius 3 is 0.785 bits per heavy atom. The molecule has 0 fully saturated rings. The monoisotopic (exact) mass is 1110 g/mol. The lowest BCUT2D eigenvalue weighted by molar-refractivity contribution is -0.167. The first kappa shape index (κ1) is 76.1. The molecule has 79 heavy (non-hydrogen) atoms. The fraction of sp³-hybridized carbons (Fsp3) is 0.822. The highest BCUT2D eigenvalue weighted by molar-refractivity contribution is 5.71. The number of carbonyl (C=O) groups excluding carboxylic acids is 3. The van der Waals surface area contributed by atoms with Crippen LogP contribution < -0.4 is 0 Å². The summed E-state index contributed by atoms with van der Waals surface area (Å²) in [6.45, 7) is 6.57. The number of hydrogen-bond acceptors (Lipinski definition) is 6. The topological polar surface area (TPSA) is 78.9 Å². The number of unbranched alkanes of at least 4 members (excludes halogenated alkanes) is 43. The molecule has 0 aliphatic rings. The van der Waals surface area contributed by atoms with Gasteiger partial charge < -0.3 is 14.2 Å². The van der Waals surface area contributed by atoms with Gasteiger partial charge in [-0.15, -0.1) is 0 Å². The first-order chi connectivity index (χ1) is 39.0. The van der Waals surface area contributed by atoms with Gasteiger partial charge in [-0.1, -0.05) is 326 Å². The highest BCUT2D eigenvalue weighted by Gasteiger charge is 2.19. The molecule has 460 valence electrons. The minimum absolute atomic E-state index is 0.0709. The van der Waals surface area contributed by atoms with E-state index in [9.17, 15) is 14.4 Å². The Morgan fingerprint density at radius 1 is 0.266 bits per heavy atom. The van der Waals surface area contributed by atoms with E-state index in [4.69, 9.17) is 14.2 Å². The second-order valence-corrected chi connectivity index (χ2v) is 23.4. The van der Waals surface area contributed by atoms with Crippen molar-refractivity contribution in [3.63, 3.8) is 0 Å². The molecular formula is C73H132O6. The highest BCUT2D eigenvalue weighted by atomic mass is 16.6. The normalized spacial score (nSPS) is 12.4. The van der Waals surface area contributed by atoms with Crippen LogP contribution in [0.1, 0.15) is 367 Å². The third kappa shape index (κ3) is 65.8. The van der Waals surface area contributed by atoms with Gasteiger partial charge in [-0.25, -0.2) is 0 Å². The maximum atomic E-state index is 12.9. The van der Waals surface area contributed by atoms with E-state index in [-0.39, 0.29) is 31.1 Å². The van der Waals surface area contributed by atoms with E-state index in [1.807, 2.05) is 0 Å². The Kier molecular flexibility index (Phi) is 65.1. The van der Waals surface area contributed by atoms with Crippen LogP contribution in [0.3, 0.4) is 0 Å². The molecule has 1 atom stereocenters. The zero-order valence-corrected chi connectivity index (χ0v) is 52.9. The zero-order valence-electron chi connectivity index (χ0n) is 52.9. The fourth-order valence-corrected chi connectivity index (χ4v) is 10.3. The molecule has 0 bridgehead atoms. The number of rotatable bonds is 64. The molecule has 0 spiro atoms. The first-order valence-electron chi connectivity index (χ1n) is 34.8. The average molecular weight is 1110 g/mol. The van der Waals surface area contributed by atoms with Gasteiger partial charge in [-0.2, -0.15) is 0 Å². The third-order valence-electron chi connectivity index (χ3n) is 15.5. The molecule has 0 rings (SSSR count). The van der Waals surface area contributed by atoms with Gasteiger partial charge >= 0.3 is 17.9 Å². The number of ether oxygens (including phenoxy) is 3. The molecule has 0 amide bonds. The maximum absolute atomic E-state index is 12.9. The van der Waals surface area contributed by atoms with E-state index in [0.29, 0.717) is 19.3 Å². The summed E-state index contributed by atoms with van der Waals surface area (Å²) in [5, 5.41) is 0. The van der Waals surface area contributed by atoms with Crippen LogP contribution in [0, 0.1) is 0 Å². The second-order valence-electron chi connectivity index (χ2n) is 23.4. The van der Waals surface area contributed by atoms with E-state index in [2.05, 4.69) is 81.5 Å². The molecule has 0 aromatic heterocycles. The number of allylic oxidation sites excluding steroid dienone is 10. The lowest BCUT2D eigenvalue weighted by atomic mass is 10.0. The SMILES string of the molecule is CC/C=C\C/C=C\C/C=C\C/C=C\CCCCCCCCCCCCCCCCCCCCCCC(=O)OCC(COC(=O)CCCCCCCCCCCCCCC)OC(=O)CCCCCCC/C=C\CCCCCCCC. The smallest absolute Gasteiger partial charge is 0.306 e. The van der Waals surface area contributed by atoms with Crippen LogP contribution in [0.4, 0.5) is 0 Å². The predicted octanol–water partition coefficient (Wildman–Crippen LogP) is 23.9. The first-order valence-corrected chi connectivity index (χ1v) is 34.8. The van der Waals surface area contributed by atoms with Crippen molar-refractivity contribution >= 4 is 17.9 Å². The van der Waals surface area contributed by atoms with Crippen LogP contribution in [0.5, 0.6) is 0 Å². The van der Waals surface area contributed by atoms with Gasteiger partial charge in [-0.3, -0.25) is 14.4 Å². The van der Waals surface area contributed by atoms with Gasteiger partial charge in [-0.05, 0) is 83.5 Å². The highest BCUT2D eigenvalue weighted by Crippen LogP contribution is 2.18. The Labute approximate surface area is 491 Å². The van der Waals surface area contributed by atoms with Gasteiger partial charge in [0.15, 0.2) is 6.10 Å². The molecule has 0 aliphatic heterocycles. The molecule has 0 saturated heterocycles. The van der Waals surface area contributed by atoms with Crippen molar-refractivity contribution in [2.45, 2.75) is 374 Å². The summed E-state index contributed by atoms with van der Waals surface area (Å²) in [4.78, 5) is 38.3. The summed E-state index contributed by atoms with van der Waals surface area (Å²) < 4.78 is 16.9. The van der Waals surface area contributed by atoms with Gasteiger partial charge in [0, 0.05) is 19.3 Å². The van der Waals surface area contributed by atoms with E-state index in [1.54, 1.807) is 0 Å². The van der Waals surface area contributed by atoms with E-state index < -0.39 is 6.10 Å². The van der Waals surface area contributed by atoms with Gasteiger partial charge in [0.05, 0.1) is 0 Å². The van der Waals surface area contributed by atoms with Crippen molar-refractivity contribution in [2.24, 2.45) is 0 Å². The molecule has 6 nitrogen and oxygen atoms in total. The minimum Gasteiger partial charge on any atom is -0.462 e. The van der Waals surface area contributed by atoms with E-state index in [0.717, 1.165) is 89.9 Å². The molecule has 0 saturated carbocycles. The minimum atomic E-state index is -0.774. The maximum Gasteiger partial charge on any atom is 0.306 e. The van der Waals surface area contributed by atoms with E-state index in [1.165, 1.54) is 238 Å². The van der Waals surface area contributed by atoms with Crippen molar-refractivity contribution in [3.05, 3.63) is 60.8 Å². The summed E-state index contributed by atoms with van der Waals surface area (Å²) in [5.74, 6) is -0.855. The molecule has 0 aromatic rings. The van der Waals surface area contributed by atoms with Gasteiger partial charge in [0.2, 0.25) is 0 Å². The molecule has 6 heteroatoms.